The second-order valence-electron chi connectivity index (χ2n) is 3.71. The summed E-state index contributed by atoms with van der Waals surface area (Å²) in [5, 5.41) is 12.5. The fraction of sp³-hybridized carbons (Fsp3) is 0.455. The molecule has 2 nitrogen and oxygen atoms in total. The number of halogens is 1. The molecule has 0 aliphatic carbocycles. The van der Waals surface area contributed by atoms with E-state index in [9.17, 15) is 9.50 Å². The van der Waals surface area contributed by atoms with Gasteiger partial charge in [-0.25, -0.2) is 4.39 Å². The van der Waals surface area contributed by atoms with E-state index in [0.717, 1.165) is 25.8 Å². The monoisotopic (exact) mass is 195 g/mol. The molecule has 1 aromatic carbocycles. The van der Waals surface area contributed by atoms with Crippen LogP contribution >= 0.6 is 0 Å². The molecule has 0 aromatic heterocycles. The molecule has 1 saturated heterocycles. The van der Waals surface area contributed by atoms with E-state index in [1.54, 1.807) is 0 Å². The quantitative estimate of drug-likeness (QED) is 0.721. The third kappa shape index (κ3) is 1.87. The van der Waals surface area contributed by atoms with Gasteiger partial charge >= 0.3 is 0 Å². The smallest absolute Gasteiger partial charge is 0.128 e. The van der Waals surface area contributed by atoms with Crippen molar-refractivity contribution in [2.45, 2.75) is 25.3 Å². The predicted octanol–water partition coefficient (Wildman–Crippen LogP) is 2.35. The predicted molar refractivity (Wildman–Crippen MR) is 52.7 cm³/mol. The first-order chi connectivity index (χ1) is 6.77. The van der Waals surface area contributed by atoms with Gasteiger partial charge in [-0.3, -0.25) is 0 Å². The Morgan fingerprint density at radius 3 is 2.93 bits per heavy atom. The highest BCUT2D eigenvalue weighted by atomic mass is 19.1. The molecule has 0 amide bonds. The van der Waals surface area contributed by atoms with E-state index < -0.39 is 0 Å². The minimum atomic E-state index is -0.234. The van der Waals surface area contributed by atoms with Gasteiger partial charge in [-0.2, -0.15) is 0 Å². The molecule has 0 radical (unpaired) electrons. The lowest BCUT2D eigenvalue weighted by molar-refractivity contribution is 0.396. The summed E-state index contributed by atoms with van der Waals surface area (Å²) >= 11 is 0. The van der Waals surface area contributed by atoms with Crippen LogP contribution in [0.2, 0.25) is 0 Å². The highest BCUT2D eigenvalue weighted by Gasteiger charge is 2.18. The standard InChI is InChI=1S/C11H14FNO/c12-10-5-4-8(14)7-9(10)11-3-1-2-6-13-11/h4-5,7,11,13-14H,1-3,6H2/t11-/m1/s1. The van der Waals surface area contributed by atoms with Gasteiger partial charge in [-0.1, -0.05) is 6.42 Å². The Labute approximate surface area is 82.8 Å². The summed E-state index contributed by atoms with van der Waals surface area (Å²) in [5.74, 6) is -0.101. The van der Waals surface area contributed by atoms with Crippen LogP contribution in [0.3, 0.4) is 0 Å². The van der Waals surface area contributed by atoms with Crippen LogP contribution in [0.5, 0.6) is 5.75 Å². The summed E-state index contributed by atoms with van der Waals surface area (Å²) in [7, 11) is 0. The maximum absolute atomic E-state index is 13.4. The van der Waals surface area contributed by atoms with Crippen molar-refractivity contribution in [1.29, 1.82) is 0 Å². The van der Waals surface area contributed by atoms with Gasteiger partial charge in [-0.15, -0.1) is 0 Å². The van der Waals surface area contributed by atoms with Crippen LogP contribution in [-0.4, -0.2) is 11.7 Å². The van der Waals surface area contributed by atoms with E-state index in [1.807, 2.05) is 0 Å². The second-order valence-corrected chi connectivity index (χ2v) is 3.71. The SMILES string of the molecule is Oc1ccc(F)c([C@H]2CCCCN2)c1. The number of phenols is 1. The Morgan fingerprint density at radius 1 is 1.36 bits per heavy atom. The number of piperidine rings is 1. The number of nitrogens with one attached hydrogen (secondary N) is 1. The van der Waals surface area contributed by atoms with Gasteiger partial charge in [0.15, 0.2) is 0 Å². The molecule has 1 aliphatic heterocycles. The number of hydrogen-bond acceptors (Lipinski definition) is 2. The number of rotatable bonds is 1. The normalized spacial score (nSPS) is 22.2. The van der Waals surface area contributed by atoms with Gasteiger partial charge in [0.05, 0.1) is 0 Å². The summed E-state index contributed by atoms with van der Waals surface area (Å²) < 4.78 is 13.4. The Morgan fingerprint density at radius 2 is 2.21 bits per heavy atom. The van der Waals surface area contributed by atoms with Crippen molar-refractivity contribution in [3.8, 4) is 5.75 Å². The largest absolute Gasteiger partial charge is 0.508 e. The highest BCUT2D eigenvalue weighted by Crippen LogP contribution is 2.27. The van der Waals surface area contributed by atoms with Crippen LogP contribution in [0.1, 0.15) is 30.9 Å². The van der Waals surface area contributed by atoms with Crippen molar-refractivity contribution < 1.29 is 9.50 Å². The first-order valence-electron chi connectivity index (χ1n) is 4.99. The maximum atomic E-state index is 13.4. The molecule has 2 N–H and O–H groups in total. The molecule has 0 unspecified atom stereocenters. The molecular formula is C11H14FNO. The van der Waals surface area contributed by atoms with Crippen LogP contribution in [0.4, 0.5) is 4.39 Å². The lowest BCUT2D eigenvalue weighted by atomic mass is 9.97. The number of aromatic hydroxyl groups is 1. The second kappa shape index (κ2) is 3.96. The zero-order chi connectivity index (χ0) is 9.97. The fourth-order valence-electron chi connectivity index (χ4n) is 1.92. The Kier molecular flexibility index (Phi) is 2.68. The van der Waals surface area contributed by atoms with E-state index in [4.69, 9.17) is 0 Å². The van der Waals surface area contributed by atoms with Gasteiger partial charge in [0.25, 0.3) is 0 Å². The minimum Gasteiger partial charge on any atom is -0.508 e. The van der Waals surface area contributed by atoms with Gasteiger partial charge in [-0.05, 0) is 37.6 Å². The van der Waals surface area contributed by atoms with Gasteiger partial charge < -0.3 is 10.4 Å². The van der Waals surface area contributed by atoms with E-state index in [2.05, 4.69) is 5.32 Å². The molecule has 0 saturated carbocycles. The van der Waals surface area contributed by atoms with Crippen molar-refractivity contribution in [3.05, 3.63) is 29.6 Å². The average Bonchev–Trinajstić information content (AvgIpc) is 2.23. The van der Waals surface area contributed by atoms with Crippen molar-refractivity contribution in [2.24, 2.45) is 0 Å². The Balaban J connectivity index is 2.24. The topological polar surface area (TPSA) is 32.3 Å². The Hall–Kier alpha value is -1.09. The number of hydrogen-bond donors (Lipinski definition) is 2. The summed E-state index contributed by atoms with van der Waals surface area (Å²) in [6.07, 6.45) is 3.21. The molecular weight excluding hydrogens is 181 g/mol. The maximum Gasteiger partial charge on any atom is 0.128 e. The molecule has 3 heteroatoms. The molecule has 0 spiro atoms. The Bertz CT molecular complexity index is 321. The van der Waals surface area contributed by atoms with E-state index in [0.29, 0.717) is 5.56 Å². The zero-order valence-corrected chi connectivity index (χ0v) is 7.96. The van der Waals surface area contributed by atoms with E-state index in [1.165, 1.54) is 18.2 Å². The minimum absolute atomic E-state index is 0.0656. The van der Waals surface area contributed by atoms with Crippen LogP contribution < -0.4 is 5.32 Å². The van der Waals surface area contributed by atoms with E-state index >= 15 is 0 Å². The van der Waals surface area contributed by atoms with Gasteiger partial charge in [0, 0.05) is 11.6 Å². The third-order valence-electron chi connectivity index (χ3n) is 2.67. The number of benzene rings is 1. The molecule has 0 bridgehead atoms. The fourth-order valence-corrected chi connectivity index (χ4v) is 1.92. The first kappa shape index (κ1) is 9.46. The van der Waals surface area contributed by atoms with Gasteiger partial charge in [0.2, 0.25) is 0 Å². The summed E-state index contributed by atoms with van der Waals surface area (Å²) in [6.45, 7) is 0.930. The summed E-state index contributed by atoms with van der Waals surface area (Å²) in [6, 6.07) is 4.27. The summed E-state index contributed by atoms with van der Waals surface area (Å²) in [4.78, 5) is 0. The molecule has 76 valence electrons. The molecule has 1 aliphatic rings. The highest BCUT2D eigenvalue weighted by molar-refractivity contribution is 5.31. The molecule has 1 fully saturated rings. The zero-order valence-electron chi connectivity index (χ0n) is 7.96. The van der Waals surface area contributed by atoms with Gasteiger partial charge in [0.1, 0.15) is 11.6 Å². The van der Waals surface area contributed by atoms with Crippen LogP contribution in [0.25, 0.3) is 0 Å². The molecule has 2 rings (SSSR count). The van der Waals surface area contributed by atoms with Crippen molar-refractivity contribution in [2.75, 3.05) is 6.54 Å². The molecule has 1 aromatic rings. The first-order valence-corrected chi connectivity index (χ1v) is 4.99. The number of phenolic OH excluding ortho intramolecular Hbond substituents is 1. The van der Waals surface area contributed by atoms with Crippen LogP contribution in [0, 0.1) is 5.82 Å². The third-order valence-corrected chi connectivity index (χ3v) is 2.67. The van der Waals surface area contributed by atoms with Crippen LogP contribution in [0.15, 0.2) is 18.2 Å². The molecule has 14 heavy (non-hydrogen) atoms. The average molecular weight is 195 g/mol. The van der Waals surface area contributed by atoms with Crippen LogP contribution in [-0.2, 0) is 0 Å². The lowest BCUT2D eigenvalue weighted by Crippen LogP contribution is -2.27. The van der Waals surface area contributed by atoms with Crippen molar-refractivity contribution in [3.63, 3.8) is 0 Å². The lowest BCUT2D eigenvalue weighted by Gasteiger charge is -2.24. The van der Waals surface area contributed by atoms with Crippen molar-refractivity contribution >= 4 is 0 Å². The molecule has 1 atom stereocenters. The van der Waals surface area contributed by atoms with Crippen molar-refractivity contribution in [1.82, 2.24) is 5.32 Å². The van der Waals surface area contributed by atoms with E-state index in [-0.39, 0.29) is 17.6 Å². The summed E-state index contributed by atoms with van der Waals surface area (Å²) in [5.41, 5.74) is 0.588. The molecule has 1 heterocycles.